The first-order valence-electron chi connectivity index (χ1n) is 15.5. The van der Waals surface area contributed by atoms with Gasteiger partial charge in [0, 0.05) is 13.6 Å². The number of fused-ring (bicyclic) bond motifs is 1. The topological polar surface area (TPSA) is 172 Å². The maximum atomic E-state index is 13.4. The SMILES string of the molecule is CC(C)[C@H](NC(=O)C(C)(C)/C=C/c1ccc2c(=O)n(C)c([C@@H](C)O)nc2c1)C(=O)N[C@@H](C)C(=O)N1CCC[C@@H](C(=O)OCC(Cl)(Cl)Cl)N1. The summed E-state index contributed by atoms with van der Waals surface area (Å²) in [5, 5.41) is 17.1. The molecule has 0 spiro atoms. The van der Waals surface area contributed by atoms with Crippen LogP contribution in [0.1, 0.15) is 71.9 Å². The van der Waals surface area contributed by atoms with Crippen LogP contribution >= 0.6 is 34.8 Å². The van der Waals surface area contributed by atoms with Gasteiger partial charge in [-0.15, -0.1) is 0 Å². The number of halogens is 3. The lowest BCUT2D eigenvalue weighted by Crippen LogP contribution is -2.61. The van der Waals surface area contributed by atoms with Crippen LogP contribution in [0.4, 0.5) is 0 Å². The van der Waals surface area contributed by atoms with Crippen molar-refractivity contribution >= 4 is 75.5 Å². The van der Waals surface area contributed by atoms with Crippen LogP contribution in [0.2, 0.25) is 0 Å². The Hall–Kier alpha value is -3.23. The fraction of sp³-hybridized carbons (Fsp3) is 0.562. The molecule has 1 aliphatic heterocycles. The molecule has 4 atom stereocenters. The lowest BCUT2D eigenvalue weighted by Gasteiger charge is -2.35. The molecule has 1 saturated heterocycles. The first kappa shape index (κ1) is 39.2. The van der Waals surface area contributed by atoms with Crippen LogP contribution in [0.3, 0.4) is 0 Å². The molecule has 13 nitrogen and oxygen atoms in total. The Morgan fingerprint density at radius 2 is 1.81 bits per heavy atom. The summed E-state index contributed by atoms with van der Waals surface area (Å²) in [4.78, 5) is 69.5. The highest BCUT2D eigenvalue weighted by Gasteiger charge is 2.35. The average Bonchev–Trinajstić information content (AvgIpc) is 3.01. The Morgan fingerprint density at radius 1 is 1.15 bits per heavy atom. The summed E-state index contributed by atoms with van der Waals surface area (Å²) in [6, 6.07) is 2.28. The number of aromatic nitrogens is 2. The molecule has 264 valence electrons. The quantitative estimate of drug-likeness (QED) is 0.200. The van der Waals surface area contributed by atoms with E-state index >= 15 is 0 Å². The molecule has 1 aliphatic rings. The molecule has 0 radical (unpaired) electrons. The number of nitrogens with one attached hydrogen (secondary N) is 3. The summed E-state index contributed by atoms with van der Waals surface area (Å²) in [6.45, 7) is 9.82. The molecule has 0 aliphatic carbocycles. The van der Waals surface area contributed by atoms with E-state index < -0.39 is 63.7 Å². The minimum absolute atomic E-state index is 0.233. The monoisotopic (exact) mass is 728 g/mol. The Kier molecular flexibility index (Phi) is 13.1. The van der Waals surface area contributed by atoms with Gasteiger partial charge in [0.1, 0.15) is 36.7 Å². The predicted octanol–water partition coefficient (Wildman–Crippen LogP) is 3.08. The minimum atomic E-state index is -1.77. The van der Waals surface area contributed by atoms with E-state index in [-0.39, 0.29) is 17.3 Å². The van der Waals surface area contributed by atoms with Crippen molar-refractivity contribution in [1.29, 1.82) is 0 Å². The van der Waals surface area contributed by atoms with E-state index in [0.717, 1.165) is 0 Å². The van der Waals surface area contributed by atoms with Gasteiger partial charge in [-0.1, -0.05) is 66.9 Å². The second-order valence-corrected chi connectivity index (χ2v) is 15.3. The third kappa shape index (κ3) is 10.1. The number of aliphatic hydroxyl groups is 1. The van der Waals surface area contributed by atoms with E-state index in [9.17, 15) is 29.1 Å². The van der Waals surface area contributed by atoms with E-state index in [1.807, 2.05) is 0 Å². The highest BCUT2D eigenvalue weighted by Crippen LogP contribution is 2.26. The molecule has 2 heterocycles. The van der Waals surface area contributed by atoms with Crippen LogP contribution < -0.4 is 21.6 Å². The molecular formula is C32H43Cl3N6O7. The van der Waals surface area contributed by atoms with Gasteiger partial charge in [0.2, 0.25) is 15.6 Å². The maximum Gasteiger partial charge on any atom is 0.325 e. The van der Waals surface area contributed by atoms with E-state index in [4.69, 9.17) is 39.5 Å². The number of nitrogens with zero attached hydrogens (tertiary/aromatic N) is 3. The van der Waals surface area contributed by atoms with Crippen LogP contribution in [0.5, 0.6) is 0 Å². The predicted molar refractivity (Wildman–Crippen MR) is 184 cm³/mol. The van der Waals surface area contributed by atoms with Gasteiger partial charge >= 0.3 is 5.97 Å². The van der Waals surface area contributed by atoms with Crippen LogP contribution in [-0.2, 0) is 31.0 Å². The molecule has 1 aromatic carbocycles. The third-order valence-corrected chi connectivity index (χ3v) is 8.19. The van der Waals surface area contributed by atoms with Gasteiger partial charge in [-0.05, 0) is 64.2 Å². The van der Waals surface area contributed by atoms with E-state index in [0.29, 0.717) is 35.9 Å². The molecule has 3 amide bonds. The third-order valence-electron chi connectivity index (χ3n) is 7.87. The fourth-order valence-corrected chi connectivity index (χ4v) is 5.16. The molecule has 4 N–H and O–H groups in total. The number of benzene rings is 1. The van der Waals surface area contributed by atoms with Crippen LogP contribution in [0.25, 0.3) is 17.0 Å². The number of hydrogen-bond donors (Lipinski definition) is 4. The molecule has 0 unspecified atom stereocenters. The van der Waals surface area contributed by atoms with Crippen molar-refractivity contribution in [2.24, 2.45) is 18.4 Å². The van der Waals surface area contributed by atoms with Crippen molar-refractivity contribution in [3.05, 3.63) is 46.0 Å². The van der Waals surface area contributed by atoms with Crippen LogP contribution in [0.15, 0.2) is 29.1 Å². The van der Waals surface area contributed by atoms with Crippen molar-refractivity contribution in [2.75, 3.05) is 13.2 Å². The minimum Gasteiger partial charge on any atom is -0.460 e. The van der Waals surface area contributed by atoms with Gasteiger partial charge in [-0.25, -0.2) is 10.4 Å². The normalized spacial score (nSPS) is 17.7. The second kappa shape index (κ2) is 16.0. The molecular weight excluding hydrogens is 687 g/mol. The molecule has 3 rings (SSSR count). The van der Waals surface area contributed by atoms with Crippen molar-refractivity contribution < 1.29 is 29.0 Å². The molecule has 0 saturated carbocycles. The number of ether oxygens (including phenoxy) is 1. The first-order chi connectivity index (χ1) is 22.2. The molecule has 48 heavy (non-hydrogen) atoms. The number of amides is 3. The van der Waals surface area contributed by atoms with Gasteiger partial charge < -0.3 is 20.5 Å². The zero-order chi connectivity index (χ0) is 36.1. The van der Waals surface area contributed by atoms with Crippen molar-refractivity contribution in [1.82, 2.24) is 30.6 Å². The smallest absolute Gasteiger partial charge is 0.325 e. The number of aliphatic hydroxyl groups excluding tert-OH is 1. The zero-order valence-corrected chi connectivity index (χ0v) is 30.2. The molecule has 0 bridgehead atoms. The number of hydrogen-bond acceptors (Lipinski definition) is 9. The molecule has 1 aromatic heterocycles. The molecule has 16 heteroatoms. The highest BCUT2D eigenvalue weighted by molar-refractivity contribution is 6.67. The highest BCUT2D eigenvalue weighted by atomic mass is 35.6. The number of carbonyl (C=O) groups excluding carboxylic acids is 4. The lowest BCUT2D eigenvalue weighted by atomic mass is 9.89. The summed E-state index contributed by atoms with van der Waals surface area (Å²) in [5.74, 6) is -2.23. The Balaban J connectivity index is 1.66. The number of hydrazine groups is 1. The standard InChI is InChI=1S/C32H43Cl3N6O7/c1-17(2)24(26(43)36-18(3)27(44)41-14-8-9-22(39-41)29(46)48-16-32(33,34)35)38-30(47)31(5,6)13-12-20-10-11-21-23(15-20)37-25(19(4)42)40(7)28(21)45/h10-13,15,17-19,22,24,39,42H,8-9,14,16H2,1-7H3,(H,36,43)(H,38,47)/b13-12+/t18-,19+,22-,24-/m0/s1. The Bertz CT molecular complexity index is 1620. The number of rotatable bonds is 11. The fourth-order valence-electron chi connectivity index (χ4n) is 4.99. The number of alkyl halides is 3. The summed E-state index contributed by atoms with van der Waals surface area (Å²) >= 11 is 16.9. The summed E-state index contributed by atoms with van der Waals surface area (Å²) in [6.07, 6.45) is 3.36. The summed E-state index contributed by atoms with van der Waals surface area (Å²) in [5.41, 5.74) is 2.56. The van der Waals surface area contributed by atoms with Crippen molar-refractivity contribution in [3.8, 4) is 0 Å². The summed E-state index contributed by atoms with van der Waals surface area (Å²) < 4.78 is 4.57. The van der Waals surface area contributed by atoms with Gasteiger partial charge in [0.25, 0.3) is 11.5 Å². The Morgan fingerprint density at radius 3 is 2.42 bits per heavy atom. The number of carbonyl (C=O) groups is 4. The number of esters is 1. The van der Waals surface area contributed by atoms with Gasteiger partial charge in [0.05, 0.1) is 16.3 Å². The van der Waals surface area contributed by atoms with E-state index in [1.165, 1.54) is 23.4 Å². The van der Waals surface area contributed by atoms with Crippen LogP contribution in [-0.4, -0.2) is 78.4 Å². The van der Waals surface area contributed by atoms with E-state index in [1.54, 1.807) is 65.1 Å². The van der Waals surface area contributed by atoms with Gasteiger partial charge in [-0.2, -0.15) is 0 Å². The van der Waals surface area contributed by atoms with Gasteiger partial charge in [-0.3, -0.25) is 33.5 Å². The lowest BCUT2D eigenvalue weighted by molar-refractivity contribution is -0.152. The van der Waals surface area contributed by atoms with Gasteiger partial charge in [0.15, 0.2) is 0 Å². The Labute approximate surface area is 294 Å². The van der Waals surface area contributed by atoms with E-state index in [2.05, 4.69) is 21.0 Å². The molecule has 2 aromatic rings. The average molecular weight is 730 g/mol. The second-order valence-electron chi connectivity index (χ2n) is 12.8. The largest absolute Gasteiger partial charge is 0.460 e. The first-order valence-corrected chi connectivity index (χ1v) is 16.7. The van der Waals surface area contributed by atoms with Crippen LogP contribution in [0, 0.1) is 11.3 Å². The van der Waals surface area contributed by atoms with Crippen molar-refractivity contribution in [3.63, 3.8) is 0 Å². The van der Waals surface area contributed by atoms with Crippen molar-refractivity contribution in [2.45, 2.75) is 82.4 Å². The molecule has 1 fully saturated rings. The summed E-state index contributed by atoms with van der Waals surface area (Å²) in [7, 11) is 1.55. The zero-order valence-electron chi connectivity index (χ0n) is 28.0. The maximum absolute atomic E-state index is 13.4.